The van der Waals surface area contributed by atoms with Crippen molar-refractivity contribution in [3.05, 3.63) is 29.6 Å². The van der Waals surface area contributed by atoms with Crippen molar-refractivity contribution in [1.82, 2.24) is 0 Å². The second-order valence-corrected chi connectivity index (χ2v) is 4.63. The first-order valence-corrected chi connectivity index (χ1v) is 5.86. The van der Waals surface area contributed by atoms with Crippen LogP contribution in [0.15, 0.2) is 18.2 Å². The van der Waals surface area contributed by atoms with Crippen LogP contribution in [0.4, 0.5) is 10.1 Å². The van der Waals surface area contributed by atoms with Crippen LogP contribution < -0.4 is 4.90 Å². The van der Waals surface area contributed by atoms with Crippen LogP contribution in [0.25, 0.3) is 0 Å². The number of halogens is 1. The number of carboxylic acid groups (broad SMARTS) is 1. The highest BCUT2D eigenvalue weighted by molar-refractivity contribution is 5.94. The average Bonchev–Trinajstić information content (AvgIpc) is 2.28. The number of hydrogen-bond donors (Lipinski definition) is 1. The molecule has 1 atom stereocenters. The summed E-state index contributed by atoms with van der Waals surface area (Å²) in [7, 11) is 0. The molecule has 0 radical (unpaired) electrons. The summed E-state index contributed by atoms with van der Waals surface area (Å²) < 4.78 is 13.5. The van der Waals surface area contributed by atoms with Crippen molar-refractivity contribution in [1.29, 1.82) is 0 Å². The van der Waals surface area contributed by atoms with Gasteiger partial charge in [0.25, 0.3) is 0 Å². The quantitative estimate of drug-likeness (QED) is 0.859. The molecule has 17 heavy (non-hydrogen) atoms. The molecule has 0 amide bonds. The van der Waals surface area contributed by atoms with Gasteiger partial charge >= 0.3 is 5.97 Å². The second-order valence-electron chi connectivity index (χ2n) is 4.63. The minimum atomic E-state index is -1.20. The van der Waals surface area contributed by atoms with E-state index in [1.807, 2.05) is 4.90 Å². The number of piperidine rings is 1. The van der Waals surface area contributed by atoms with Crippen LogP contribution in [0, 0.1) is 11.7 Å². The molecule has 1 fully saturated rings. The third kappa shape index (κ3) is 2.40. The molecule has 1 heterocycles. The third-order valence-corrected chi connectivity index (χ3v) is 3.20. The summed E-state index contributed by atoms with van der Waals surface area (Å²) in [6.45, 7) is 3.73. The van der Waals surface area contributed by atoms with E-state index in [9.17, 15) is 9.18 Å². The number of aromatic carboxylic acids is 1. The van der Waals surface area contributed by atoms with Crippen LogP contribution in [0.5, 0.6) is 0 Å². The van der Waals surface area contributed by atoms with Crippen LogP contribution in [0.1, 0.15) is 30.1 Å². The van der Waals surface area contributed by atoms with E-state index in [4.69, 9.17) is 5.11 Å². The molecule has 1 saturated heterocycles. The first-order chi connectivity index (χ1) is 8.09. The molecule has 0 aromatic heterocycles. The third-order valence-electron chi connectivity index (χ3n) is 3.20. The van der Waals surface area contributed by atoms with Gasteiger partial charge < -0.3 is 10.0 Å². The molecule has 1 aliphatic rings. The maximum atomic E-state index is 13.5. The molecule has 1 aromatic rings. The Bertz CT molecular complexity index is 433. The molecule has 1 N–H and O–H groups in total. The van der Waals surface area contributed by atoms with Gasteiger partial charge in [0.2, 0.25) is 0 Å². The lowest BCUT2D eigenvalue weighted by Gasteiger charge is -2.33. The zero-order valence-electron chi connectivity index (χ0n) is 9.82. The van der Waals surface area contributed by atoms with Gasteiger partial charge in [-0.05, 0) is 30.9 Å². The lowest BCUT2D eigenvalue weighted by atomic mass is 9.98. The smallest absolute Gasteiger partial charge is 0.340 e. The minimum absolute atomic E-state index is 0.207. The Hall–Kier alpha value is -1.58. The van der Waals surface area contributed by atoms with E-state index in [1.54, 1.807) is 12.1 Å². The molecule has 3 nitrogen and oxygen atoms in total. The molecule has 0 aliphatic carbocycles. The Morgan fingerprint density at radius 3 is 2.94 bits per heavy atom. The number of benzene rings is 1. The lowest BCUT2D eigenvalue weighted by Crippen LogP contribution is -2.35. The number of rotatable bonds is 2. The summed E-state index contributed by atoms with van der Waals surface area (Å²) in [5.41, 5.74) is 0.297. The van der Waals surface area contributed by atoms with E-state index in [0.717, 1.165) is 25.9 Å². The number of nitrogens with zero attached hydrogens (tertiary/aromatic N) is 1. The van der Waals surface area contributed by atoms with E-state index in [1.165, 1.54) is 6.07 Å². The predicted octanol–water partition coefficient (Wildman–Crippen LogP) is 2.76. The summed E-state index contributed by atoms with van der Waals surface area (Å²) in [5, 5.41) is 9.08. The summed E-state index contributed by atoms with van der Waals surface area (Å²) in [4.78, 5) is 13.1. The van der Waals surface area contributed by atoms with Gasteiger partial charge in [0, 0.05) is 13.1 Å². The fourth-order valence-corrected chi connectivity index (χ4v) is 2.40. The van der Waals surface area contributed by atoms with Gasteiger partial charge in [-0.15, -0.1) is 0 Å². The van der Waals surface area contributed by atoms with Crippen LogP contribution in [-0.2, 0) is 0 Å². The highest BCUT2D eigenvalue weighted by Gasteiger charge is 2.23. The van der Waals surface area contributed by atoms with Crippen LogP contribution in [0.2, 0.25) is 0 Å². The van der Waals surface area contributed by atoms with E-state index < -0.39 is 11.8 Å². The highest BCUT2D eigenvalue weighted by Crippen LogP contribution is 2.27. The summed E-state index contributed by atoms with van der Waals surface area (Å²) in [6, 6.07) is 4.45. The number of hydrogen-bond acceptors (Lipinski definition) is 2. The van der Waals surface area contributed by atoms with Gasteiger partial charge in [-0.3, -0.25) is 0 Å². The normalized spacial score (nSPS) is 20.4. The van der Waals surface area contributed by atoms with E-state index in [-0.39, 0.29) is 5.56 Å². The van der Waals surface area contributed by atoms with Crippen LogP contribution in [-0.4, -0.2) is 24.2 Å². The summed E-state index contributed by atoms with van der Waals surface area (Å²) in [6.07, 6.45) is 2.17. The second kappa shape index (κ2) is 4.73. The maximum Gasteiger partial charge on any atom is 0.340 e. The van der Waals surface area contributed by atoms with Gasteiger partial charge in [-0.2, -0.15) is 0 Å². The van der Waals surface area contributed by atoms with Crippen molar-refractivity contribution in [3.8, 4) is 0 Å². The van der Waals surface area contributed by atoms with Crippen molar-refractivity contribution in [2.45, 2.75) is 19.8 Å². The Morgan fingerprint density at radius 2 is 2.29 bits per heavy atom. The first kappa shape index (κ1) is 11.9. The van der Waals surface area contributed by atoms with E-state index in [0.29, 0.717) is 11.6 Å². The zero-order chi connectivity index (χ0) is 12.4. The zero-order valence-corrected chi connectivity index (χ0v) is 9.82. The monoisotopic (exact) mass is 237 g/mol. The van der Waals surface area contributed by atoms with Gasteiger partial charge in [-0.25, -0.2) is 9.18 Å². The van der Waals surface area contributed by atoms with Crippen molar-refractivity contribution in [3.63, 3.8) is 0 Å². The fraction of sp³-hybridized carbons (Fsp3) is 0.462. The summed E-state index contributed by atoms with van der Waals surface area (Å²) in [5.74, 6) is -1.33. The topological polar surface area (TPSA) is 40.5 Å². The lowest BCUT2D eigenvalue weighted by molar-refractivity contribution is 0.0692. The van der Waals surface area contributed by atoms with Crippen molar-refractivity contribution < 1.29 is 14.3 Å². The summed E-state index contributed by atoms with van der Waals surface area (Å²) >= 11 is 0. The van der Waals surface area contributed by atoms with Gasteiger partial charge in [0.1, 0.15) is 11.4 Å². The van der Waals surface area contributed by atoms with Crippen molar-refractivity contribution in [2.24, 2.45) is 5.92 Å². The minimum Gasteiger partial charge on any atom is -0.478 e. The van der Waals surface area contributed by atoms with Gasteiger partial charge in [-0.1, -0.05) is 13.0 Å². The SMILES string of the molecule is CC1CCCN(c2cccc(F)c2C(=O)O)C1. The molecule has 1 unspecified atom stereocenters. The number of carboxylic acids is 1. The average molecular weight is 237 g/mol. The van der Waals surface area contributed by atoms with Crippen molar-refractivity contribution in [2.75, 3.05) is 18.0 Å². The maximum absolute atomic E-state index is 13.5. The van der Waals surface area contributed by atoms with Crippen molar-refractivity contribution >= 4 is 11.7 Å². The molecule has 4 heteroatoms. The van der Waals surface area contributed by atoms with Gasteiger partial charge in [0.15, 0.2) is 0 Å². The Balaban J connectivity index is 2.37. The molecular formula is C13H16FNO2. The molecule has 0 bridgehead atoms. The molecule has 1 aliphatic heterocycles. The predicted molar refractivity (Wildman–Crippen MR) is 64.0 cm³/mol. The van der Waals surface area contributed by atoms with Gasteiger partial charge in [0.05, 0.1) is 5.69 Å². The number of carbonyl (C=O) groups is 1. The first-order valence-electron chi connectivity index (χ1n) is 5.86. The van der Waals surface area contributed by atoms with Crippen LogP contribution >= 0.6 is 0 Å². The molecule has 0 spiro atoms. The van der Waals surface area contributed by atoms with Crippen LogP contribution in [0.3, 0.4) is 0 Å². The number of anilines is 1. The Morgan fingerprint density at radius 1 is 1.53 bits per heavy atom. The Labute approximate surface area is 99.9 Å². The Kier molecular flexibility index (Phi) is 3.31. The standard InChI is InChI=1S/C13H16FNO2/c1-9-4-3-7-15(8-9)11-6-2-5-10(14)12(11)13(16)17/h2,5-6,9H,3-4,7-8H2,1H3,(H,16,17). The van der Waals surface area contributed by atoms with E-state index >= 15 is 0 Å². The van der Waals surface area contributed by atoms with E-state index in [2.05, 4.69) is 6.92 Å². The molecule has 1 aromatic carbocycles. The highest BCUT2D eigenvalue weighted by atomic mass is 19.1. The fourth-order valence-electron chi connectivity index (χ4n) is 2.40. The molecular weight excluding hydrogens is 221 g/mol. The molecule has 92 valence electrons. The largest absolute Gasteiger partial charge is 0.478 e. The molecule has 0 saturated carbocycles. The molecule has 2 rings (SSSR count).